The lowest BCUT2D eigenvalue weighted by Gasteiger charge is -2.33. The summed E-state index contributed by atoms with van der Waals surface area (Å²) in [6.45, 7) is 9.28. The molecule has 1 N–H and O–H groups in total. The molecule has 0 saturated heterocycles. The van der Waals surface area contributed by atoms with Crippen LogP contribution in [0.5, 0.6) is 0 Å². The minimum Gasteiger partial charge on any atom is -0.316 e. The molecule has 0 aliphatic carbocycles. The third-order valence-corrected chi connectivity index (χ3v) is 3.58. The zero-order chi connectivity index (χ0) is 12.8. The van der Waals surface area contributed by atoms with Crippen LogP contribution in [0.1, 0.15) is 33.3 Å². The quantitative estimate of drug-likeness (QED) is 0.818. The second-order valence-corrected chi connectivity index (χ2v) is 5.52. The Hall–Kier alpha value is -0.890. The van der Waals surface area contributed by atoms with Gasteiger partial charge < -0.3 is 5.32 Å². The Morgan fingerprint density at radius 1 is 1.06 bits per heavy atom. The van der Waals surface area contributed by atoms with Crippen LogP contribution in [0.4, 0.5) is 0 Å². The van der Waals surface area contributed by atoms with E-state index in [9.17, 15) is 0 Å². The predicted octanol–water partition coefficient (Wildman–Crippen LogP) is 3.14. The Kier molecular flexibility index (Phi) is 5.63. The Balaban J connectivity index is 2.76. The van der Waals surface area contributed by atoms with Crippen molar-refractivity contribution < 1.29 is 0 Å². The summed E-state index contributed by atoms with van der Waals surface area (Å²) < 4.78 is 0. The molecular weight excluding hydrogens is 208 g/mol. The maximum absolute atomic E-state index is 4.07. The van der Waals surface area contributed by atoms with Crippen molar-refractivity contribution in [3.05, 3.63) is 30.1 Å². The molecule has 0 radical (unpaired) electrons. The van der Waals surface area contributed by atoms with E-state index < -0.39 is 0 Å². The van der Waals surface area contributed by atoms with Crippen LogP contribution in [0, 0.1) is 17.8 Å². The summed E-state index contributed by atoms with van der Waals surface area (Å²) in [4.78, 5) is 4.07. The highest BCUT2D eigenvalue weighted by Crippen LogP contribution is 2.26. The predicted molar refractivity (Wildman–Crippen MR) is 74.0 cm³/mol. The number of aromatic nitrogens is 1. The van der Waals surface area contributed by atoms with Crippen LogP contribution >= 0.6 is 0 Å². The SMILES string of the molecule is CNC(Cc1ccncc1)C(C(C)C)C(C)C. The summed E-state index contributed by atoms with van der Waals surface area (Å²) in [5, 5.41) is 3.49. The fraction of sp³-hybridized carbons (Fsp3) is 0.667. The molecule has 0 aromatic carbocycles. The maximum atomic E-state index is 4.07. The van der Waals surface area contributed by atoms with Crippen molar-refractivity contribution in [1.29, 1.82) is 0 Å². The number of likely N-dealkylation sites (N-methyl/N-ethyl adjacent to an activating group) is 1. The highest BCUT2D eigenvalue weighted by Gasteiger charge is 2.26. The molecule has 0 amide bonds. The van der Waals surface area contributed by atoms with Gasteiger partial charge in [-0.2, -0.15) is 0 Å². The number of hydrogen-bond acceptors (Lipinski definition) is 2. The number of nitrogens with zero attached hydrogens (tertiary/aromatic N) is 1. The van der Waals surface area contributed by atoms with E-state index in [1.54, 1.807) is 0 Å². The molecule has 96 valence electrons. The Morgan fingerprint density at radius 3 is 2.00 bits per heavy atom. The normalized spacial score (nSPS) is 13.6. The van der Waals surface area contributed by atoms with E-state index >= 15 is 0 Å². The summed E-state index contributed by atoms with van der Waals surface area (Å²) >= 11 is 0. The summed E-state index contributed by atoms with van der Waals surface area (Å²) in [6.07, 6.45) is 4.84. The average molecular weight is 234 g/mol. The molecule has 0 aliphatic rings. The van der Waals surface area contributed by atoms with E-state index in [1.165, 1.54) is 5.56 Å². The first kappa shape index (κ1) is 14.2. The third kappa shape index (κ3) is 4.12. The molecule has 1 aromatic rings. The van der Waals surface area contributed by atoms with E-state index in [1.807, 2.05) is 12.4 Å². The molecule has 1 atom stereocenters. The van der Waals surface area contributed by atoms with Gasteiger partial charge in [-0.3, -0.25) is 4.98 Å². The molecule has 0 aliphatic heterocycles. The van der Waals surface area contributed by atoms with Gasteiger partial charge in [0.25, 0.3) is 0 Å². The molecule has 0 fully saturated rings. The van der Waals surface area contributed by atoms with Crippen LogP contribution in [0.15, 0.2) is 24.5 Å². The monoisotopic (exact) mass is 234 g/mol. The van der Waals surface area contributed by atoms with Gasteiger partial charge in [0.1, 0.15) is 0 Å². The average Bonchev–Trinajstić information content (AvgIpc) is 2.28. The topological polar surface area (TPSA) is 24.9 Å². The molecule has 0 bridgehead atoms. The van der Waals surface area contributed by atoms with Crippen molar-refractivity contribution in [2.75, 3.05) is 7.05 Å². The van der Waals surface area contributed by atoms with E-state index in [-0.39, 0.29) is 0 Å². The summed E-state index contributed by atoms with van der Waals surface area (Å²) in [7, 11) is 2.07. The lowest BCUT2D eigenvalue weighted by Crippen LogP contribution is -2.40. The van der Waals surface area contributed by atoms with Crippen molar-refractivity contribution in [3.63, 3.8) is 0 Å². The van der Waals surface area contributed by atoms with Crippen LogP contribution in [0.2, 0.25) is 0 Å². The minimum atomic E-state index is 0.539. The first-order chi connectivity index (χ1) is 8.06. The zero-order valence-corrected chi connectivity index (χ0v) is 11.8. The molecule has 1 heterocycles. The summed E-state index contributed by atoms with van der Waals surface area (Å²) in [6, 6.07) is 4.77. The number of hydrogen-bond donors (Lipinski definition) is 1. The van der Waals surface area contributed by atoms with Gasteiger partial charge in [-0.05, 0) is 48.9 Å². The highest BCUT2D eigenvalue weighted by molar-refractivity contribution is 5.12. The van der Waals surface area contributed by atoms with E-state index in [2.05, 4.69) is 57.2 Å². The molecular formula is C15H26N2. The minimum absolute atomic E-state index is 0.539. The highest BCUT2D eigenvalue weighted by atomic mass is 14.9. The second-order valence-electron chi connectivity index (χ2n) is 5.52. The van der Waals surface area contributed by atoms with Crippen LogP contribution in [0.25, 0.3) is 0 Å². The van der Waals surface area contributed by atoms with Gasteiger partial charge in [-0.25, -0.2) is 0 Å². The fourth-order valence-electron chi connectivity index (χ4n) is 2.90. The molecule has 0 saturated carbocycles. The Bertz CT molecular complexity index is 298. The third-order valence-electron chi connectivity index (χ3n) is 3.58. The van der Waals surface area contributed by atoms with Gasteiger partial charge in [-0.1, -0.05) is 27.7 Å². The van der Waals surface area contributed by atoms with Gasteiger partial charge in [0.2, 0.25) is 0 Å². The molecule has 1 rings (SSSR count). The molecule has 17 heavy (non-hydrogen) atoms. The van der Waals surface area contributed by atoms with Crippen LogP contribution in [-0.2, 0) is 6.42 Å². The molecule has 1 aromatic heterocycles. The lowest BCUT2D eigenvalue weighted by molar-refractivity contribution is 0.214. The van der Waals surface area contributed by atoms with Gasteiger partial charge in [0.05, 0.1) is 0 Å². The van der Waals surface area contributed by atoms with E-state index in [4.69, 9.17) is 0 Å². The van der Waals surface area contributed by atoms with Gasteiger partial charge >= 0.3 is 0 Å². The molecule has 2 nitrogen and oxygen atoms in total. The molecule has 2 heteroatoms. The van der Waals surface area contributed by atoms with Crippen molar-refractivity contribution in [1.82, 2.24) is 10.3 Å². The standard InChI is InChI=1S/C15H26N2/c1-11(2)15(12(3)4)14(16-5)10-13-6-8-17-9-7-13/h6-9,11-12,14-16H,10H2,1-5H3. The van der Waals surface area contributed by atoms with E-state index in [0.717, 1.165) is 6.42 Å². The van der Waals surface area contributed by atoms with E-state index in [0.29, 0.717) is 23.8 Å². The number of nitrogens with one attached hydrogen (secondary N) is 1. The first-order valence-corrected chi connectivity index (χ1v) is 6.62. The van der Waals surface area contributed by atoms with Gasteiger partial charge in [0, 0.05) is 18.4 Å². The van der Waals surface area contributed by atoms with Crippen molar-refractivity contribution in [2.45, 2.75) is 40.2 Å². The number of rotatable bonds is 6. The first-order valence-electron chi connectivity index (χ1n) is 6.62. The smallest absolute Gasteiger partial charge is 0.0270 e. The van der Waals surface area contributed by atoms with Crippen molar-refractivity contribution >= 4 is 0 Å². The van der Waals surface area contributed by atoms with Gasteiger partial charge in [-0.15, -0.1) is 0 Å². The second kappa shape index (κ2) is 6.75. The van der Waals surface area contributed by atoms with Crippen LogP contribution in [0.3, 0.4) is 0 Å². The Morgan fingerprint density at radius 2 is 1.59 bits per heavy atom. The van der Waals surface area contributed by atoms with Crippen molar-refractivity contribution in [2.24, 2.45) is 17.8 Å². The summed E-state index contributed by atoms with van der Waals surface area (Å²) in [5.74, 6) is 2.11. The Labute approximate surface area is 106 Å². The fourth-order valence-corrected chi connectivity index (χ4v) is 2.90. The maximum Gasteiger partial charge on any atom is 0.0270 e. The number of pyridine rings is 1. The molecule has 0 spiro atoms. The van der Waals surface area contributed by atoms with Crippen LogP contribution in [-0.4, -0.2) is 18.1 Å². The largest absolute Gasteiger partial charge is 0.316 e. The lowest BCUT2D eigenvalue weighted by atomic mass is 9.78. The van der Waals surface area contributed by atoms with Crippen molar-refractivity contribution in [3.8, 4) is 0 Å². The summed E-state index contributed by atoms with van der Waals surface area (Å²) in [5.41, 5.74) is 1.37. The van der Waals surface area contributed by atoms with Gasteiger partial charge in [0.15, 0.2) is 0 Å². The zero-order valence-electron chi connectivity index (χ0n) is 11.8. The van der Waals surface area contributed by atoms with Crippen LogP contribution < -0.4 is 5.32 Å². The molecule has 1 unspecified atom stereocenters.